The lowest BCUT2D eigenvalue weighted by atomic mass is 10.2. The Morgan fingerprint density at radius 3 is 2.46 bits per heavy atom. The van der Waals surface area contributed by atoms with Crippen molar-refractivity contribution in [2.45, 2.75) is 20.0 Å². The van der Waals surface area contributed by atoms with Crippen LogP contribution in [0.4, 0.5) is 0 Å². The molecular weight excluding hydrogens is 312 g/mol. The summed E-state index contributed by atoms with van der Waals surface area (Å²) in [6.07, 6.45) is 0.573. The zero-order chi connectivity index (χ0) is 17.9. The van der Waals surface area contributed by atoms with Crippen LogP contribution in [0.2, 0.25) is 0 Å². The van der Waals surface area contributed by atoms with Gasteiger partial charge in [0.2, 0.25) is 0 Å². The number of hydrogen-bond acceptors (Lipinski definition) is 5. The highest BCUT2D eigenvalue weighted by Gasteiger charge is 2.17. The molecule has 1 aromatic rings. The smallest absolute Gasteiger partial charge is 0.326 e. The van der Waals surface area contributed by atoms with Crippen molar-refractivity contribution in [2.75, 3.05) is 19.7 Å². The van der Waals surface area contributed by atoms with Gasteiger partial charge < -0.3 is 20.1 Å². The molecule has 0 aliphatic heterocycles. The monoisotopic (exact) mass is 334 g/mol. The van der Waals surface area contributed by atoms with Crippen LogP contribution in [-0.4, -0.2) is 43.6 Å². The lowest BCUT2D eigenvalue weighted by Crippen LogP contribution is -2.38. The Hall–Kier alpha value is -2.83. The lowest BCUT2D eigenvalue weighted by molar-refractivity contribution is -0.153. The molecule has 24 heavy (non-hydrogen) atoms. The van der Waals surface area contributed by atoms with Crippen molar-refractivity contribution < 1.29 is 23.9 Å². The molecule has 7 nitrogen and oxygen atoms in total. The molecule has 2 amide bonds. The Bertz CT molecular complexity index is 583. The fourth-order valence-corrected chi connectivity index (χ4v) is 1.73. The second-order valence-electron chi connectivity index (χ2n) is 4.81. The Balaban J connectivity index is 2.41. The third-order valence-corrected chi connectivity index (χ3v) is 2.92. The van der Waals surface area contributed by atoms with Crippen molar-refractivity contribution in [3.05, 3.63) is 42.5 Å². The topological polar surface area (TPSA) is 93.7 Å². The van der Waals surface area contributed by atoms with Crippen LogP contribution in [0.5, 0.6) is 5.75 Å². The number of rotatable bonds is 9. The van der Waals surface area contributed by atoms with Crippen molar-refractivity contribution in [3.63, 3.8) is 0 Å². The van der Waals surface area contributed by atoms with Gasteiger partial charge in [0.25, 0.3) is 11.8 Å². The molecule has 2 N–H and O–H groups in total. The van der Waals surface area contributed by atoms with Crippen LogP contribution in [0, 0.1) is 0 Å². The molecule has 0 aliphatic rings. The van der Waals surface area contributed by atoms with Crippen LogP contribution < -0.4 is 15.4 Å². The van der Waals surface area contributed by atoms with E-state index in [-0.39, 0.29) is 13.1 Å². The number of amides is 2. The first-order chi connectivity index (χ1) is 11.5. The first-order valence-electron chi connectivity index (χ1n) is 7.57. The van der Waals surface area contributed by atoms with E-state index in [2.05, 4.69) is 17.2 Å². The maximum atomic E-state index is 11.9. The number of carbonyl (C=O) groups excluding carboxylic acids is 3. The van der Waals surface area contributed by atoms with E-state index in [9.17, 15) is 14.4 Å². The minimum atomic E-state index is -0.945. The number of esters is 1. The van der Waals surface area contributed by atoms with E-state index >= 15 is 0 Å². The minimum absolute atomic E-state index is 0.287. The van der Waals surface area contributed by atoms with Crippen LogP contribution in [0.3, 0.4) is 0 Å². The molecule has 0 saturated heterocycles. The molecule has 0 spiro atoms. The standard InChI is InChI=1S/C17H22N2O5/c1-4-10-18-16(21)12(3)24-15(20)11-19-17(22)13-6-8-14(9-7-13)23-5-2/h4,6-9,12H,1,5,10-11H2,2-3H3,(H,18,21)(H,19,22)/t12-/m1/s1. The Morgan fingerprint density at radius 1 is 1.21 bits per heavy atom. The first kappa shape index (κ1) is 19.2. The van der Waals surface area contributed by atoms with Crippen molar-refractivity contribution >= 4 is 17.8 Å². The summed E-state index contributed by atoms with van der Waals surface area (Å²) in [5, 5.41) is 4.95. The summed E-state index contributed by atoms with van der Waals surface area (Å²) in [6, 6.07) is 6.53. The number of hydrogen-bond donors (Lipinski definition) is 2. The van der Waals surface area contributed by atoms with Gasteiger partial charge in [-0.3, -0.25) is 14.4 Å². The van der Waals surface area contributed by atoms with Crippen molar-refractivity contribution in [1.82, 2.24) is 10.6 Å². The van der Waals surface area contributed by atoms with Crippen molar-refractivity contribution in [3.8, 4) is 5.75 Å². The molecule has 0 bridgehead atoms. The predicted octanol–water partition coefficient (Wildman–Crippen LogP) is 1.05. The number of carbonyl (C=O) groups is 3. The Labute approximate surface area is 141 Å². The summed E-state index contributed by atoms with van der Waals surface area (Å²) >= 11 is 0. The normalized spacial score (nSPS) is 11.1. The Morgan fingerprint density at radius 2 is 1.88 bits per heavy atom. The second-order valence-corrected chi connectivity index (χ2v) is 4.81. The summed E-state index contributed by atoms with van der Waals surface area (Å²) in [5.74, 6) is -0.886. The molecule has 1 atom stereocenters. The molecule has 0 saturated carbocycles. The zero-order valence-corrected chi connectivity index (χ0v) is 13.8. The van der Waals surface area contributed by atoms with E-state index in [1.54, 1.807) is 24.3 Å². The van der Waals surface area contributed by atoms with Gasteiger partial charge >= 0.3 is 5.97 Å². The summed E-state index contributed by atoms with van der Waals surface area (Å²) in [6.45, 7) is 7.28. The largest absolute Gasteiger partial charge is 0.494 e. The van der Waals surface area contributed by atoms with Gasteiger partial charge in [-0.15, -0.1) is 6.58 Å². The molecule has 0 aromatic heterocycles. The molecule has 0 radical (unpaired) electrons. The van der Waals surface area contributed by atoms with Crippen LogP contribution in [0.15, 0.2) is 36.9 Å². The lowest BCUT2D eigenvalue weighted by Gasteiger charge is -2.13. The third kappa shape index (κ3) is 6.51. The van der Waals surface area contributed by atoms with E-state index in [0.717, 1.165) is 0 Å². The fourth-order valence-electron chi connectivity index (χ4n) is 1.73. The SMILES string of the molecule is C=CCNC(=O)[C@@H](C)OC(=O)CNC(=O)c1ccc(OCC)cc1. The highest BCUT2D eigenvalue weighted by molar-refractivity contribution is 5.96. The fraction of sp³-hybridized carbons (Fsp3) is 0.353. The molecule has 1 rings (SSSR count). The van der Waals surface area contributed by atoms with Gasteiger partial charge in [-0.1, -0.05) is 6.08 Å². The van der Waals surface area contributed by atoms with E-state index in [1.165, 1.54) is 13.0 Å². The quantitative estimate of drug-likeness (QED) is 0.520. The van der Waals surface area contributed by atoms with Crippen LogP contribution in [0.25, 0.3) is 0 Å². The van der Waals surface area contributed by atoms with E-state index in [1.807, 2.05) is 6.92 Å². The first-order valence-corrected chi connectivity index (χ1v) is 7.57. The minimum Gasteiger partial charge on any atom is -0.494 e. The molecule has 1 aromatic carbocycles. The third-order valence-electron chi connectivity index (χ3n) is 2.92. The average molecular weight is 334 g/mol. The Kier molecular flexibility index (Phi) is 8.04. The molecule has 0 aliphatic carbocycles. The molecule has 0 heterocycles. The summed E-state index contributed by atoms with van der Waals surface area (Å²) in [4.78, 5) is 35.1. The van der Waals surface area contributed by atoms with Crippen LogP contribution >= 0.6 is 0 Å². The summed E-state index contributed by atoms with van der Waals surface area (Å²) in [5.41, 5.74) is 0.392. The van der Waals surface area contributed by atoms with E-state index < -0.39 is 23.9 Å². The van der Waals surface area contributed by atoms with E-state index in [0.29, 0.717) is 17.9 Å². The summed E-state index contributed by atoms with van der Waals surface area (Å²) < 4.78 is 10.2. The number of benzene rings is 1. The van der Waals surface area contributed by atoms with Gasteiger partial charge in [-0.25, -0.2) is 0 Å². The summed E-state index contributed by atoms with van der Waals surface area (Å²) in [7, 11) is 0. The highest BCUT2D eigenvalue weighted by Crippen LogP contribution is 2.11. The second kappa shape index (κ2) is 10.0. The highest BCUT2D eigenvalue weighted by atomic mass is 16.5. The molecule has 7 heteroatoms. The van der Waals surface area contributed by atoms with Crippen LogP contribution in [0.1, 0.15) is 24.2 Å². The molecule has 130 valence electrons. The van der Waals surface area contributed by atoms with Crippen LogP contribution in [-0.2, 0) is 14.3 Å². The van der Waals surface area contributed by atoms with Gasteiger partial charge in [0, 0.05) is 12.1 Å². The maximum absolute atomic E-state index is 11.9. The molecule has 0 unspecified atom stereocenters. The predicted molar refractivity (Wildman–Crippen MR) is 88.7 cm³/mol. The molecular formula is C17H22N2O5. The van der Waals surface area contributed by atoms with Crippen molar-refractivity contribution in [1.29, 1.82) is 0 Å². The zero-order valence-electron chi connectivity index (χ0n) is 13.8. The van der Waals surface area contributed by atoms with Crippen molar-refractivity contribution in [2.24, 2.45) is 0 Å². The van der Waals surface area contributed by atoms with E-state index in [4.69, 9.17) is 9.47 Å². The van der Waals surface area contributed by atoms with Gasteiger partial charge in [-0.05, 0) is 38.1 Å². The number of ether oxygens (including phenoxy) is 2. The molecule has 0 fully saturated rings. The maximum Gasteiger partial charge on any atom is 0.326 e. The van der Waals surface area contributed by atoms with Gasteiger partial charge in [0.05, 0.1) is 6.61 Å². The number of nitrogens with one attached hydrogen (secondary N) is 2. The van der Waals surface area contributed by atoms with Gasteiger partial charge in [0.1, 0.15) is 12.3 Å². The van der Waals surface area contributed by atoms with Gasteiger partial charge in [-0.2, -0.15) is 0 Å². The van der Waals surface area contributed by atoms with Gasteiger partial charge in [0.15, 0.2) is 6.10 Å². The average Bonchev–Trinajstić information content (AvgIpc) is 2.58.